The Morgan fingerprint density at radius 1 is 1.28 bits per heavy atom. The number of hydrogen-bond acceptors (Lipinski definition) is 6. The first-order valence-electron chi connectivity index (χ1n) is 8.22. The predicted octanol–water partition coefficient (Wildman–Crippen LogP) is 2.57. The molecule has 7 heteroatoms. The Labute approximate surface area is 147 Å². The zero-order chi connectivity index (χ0) is 18.4. The third kappa shape index (κ3) is 4.23. The number of ether oxygens (including phenoxy) is 3. The number of methoxy groups -OCH3 is 2. The monoisotopic (exact) mass is 347 g/mol. The van der Waals surface area contributed by atoms with Crippen LogP contribution in [-0.4, -0.2) is 37.3 Å². The molecule has 1 unspecified atom stereocenters. The third-order valence-corrected chi connectivity index (χ3v) is 4.05. The SMILES string of the molecule is CCCC(=N)CCN1C(C(N)=O)=COC1c1ccc(OC)c(OC)c1. The topological polar surface area (TPSA) is 97.9 Å². The number of carbonyl (C=O) groups is 1. The summed E-state index contributed by atoms with van der Waals surface area (Å²) >= 11 is 0. The van der Waals surface area contributed by atoms with E-state index in [1.165, 1.54) is 6.26 Å². The van der Waals surface area contributed by atoms with Gasteiger partial charge in [-0.2, -0.15) is 0 Å². The lowest BCUT2D eigenvalue weighted by Crippen LogP contribution is -2.32. The zero-order valence-corrected chi connectivity index (χ0v) is 14.9. The molecule has 1 heterocycles. The highest BCUT2D eigenvalue weighted by Crippen LogP contribution is 2.36. The smallest absolute Gasteiger partial charge is 0.268 e. The van der Waals surface area contributed by atoms with E-state index in [9.17, 15) is 4.79 Å². The Hall–Kier alpha value is -2.70. The van der Waals surface area contributed by atoms with E-state index in [1.54, 1.807) is 25.2 Å². The molecular weight excluding hydrogens is 322 g/mol. The van der Waals surface area contributed by atoms with Crippen LogP contribution < -0.4 is 15.2 Å². The number of rotatable bonds is 9. The van der Waals surface area contributed by atoms with Crippen LogP contribution in [0, 0.1) is 5.41 Å². The second kappa shape index (κ2) is 8.41. The lowest BCUT2D eigenvalue weighted by atomic mass is 10.1. The van der Waals surface area contributed by atoms with Crippen LogP contribution in [0.5, 0.6) is 11.5 Å². The number of carbonyl (C=O) groups excluding carboxylic acids is 1. The average Bonchev–Trinajstić information content (AvgIpc) is 3.03. The molecule has 0 saturated carbocycles. The summed E-state index contributed by atoms with van der Waals surface area (Å²) in [4.78, 5) is 13.5. The van der Waals surface area contributed by atoms with Gasteiger partial charge in [-0.3, -0.25) is 4.79 Å². The van der Waals surface area contributed by atoms with Gasteiger partial charge in [-0.1, -0.05) is 13.3 Å². The van der Waals surface area contributed by atoms with Crippen molar-refractivity contribution in [3.8, 4) is 11.5 Å². The van der Waals surface area contributed by atoms with Crippen molar-refractivity contribution >= 4 is 11.6 Å². The molecule has 0 aliphatic carbocycles. The van der Waals surface area contributed by atoms with Gasteiger partial charge in [-0.15, -0.1) is 0 Å². The molecule has 1 atom stereocenters. The summed E-state index contributed by atoms with van der Waals surface area (Å²) in [7, 11) is 3.13. The van der Waals surface area contributed by atoms with Crippen molar-refractivity contribution in [3.63, 3.8) is 0 Å². The Balaban J connectivity index is 2.23. The molecule has 0 bridgehead atoms. The Morgan fingerprint density at radius 2 is 2.00 bits per heavy atom. The van der Waals surface area contributed by atoms with Crippen LogP contribution in [0.15, 0.2) is 30.2 Å². The van der Waals surface area contributed by atoms with Crippen LogP contribution in [0.3, 0.4) is 0 Å². The molecule has 25 heavy (non-hydrogen) atoms. The Bertz CT molecular complexity index is 672. The first kappa shape index (κ1) is 18.6. The lowest BCUT2D eigenvalue weighted by Gasteiger charge is -2.27. The molecule has 0 saturated heterocycles. The summed E-state index contributed by atoms with van der Waals surface area (Å²) in [6.07, 6.45) is 3.11. The molecule has 1 aliphatic rings. The summed E-state index contributed by atoms with van der Waals surface area (Å²) in [5.41, 5.74) is 7.23. The molecule has 1 aromatic rings. The maximum absolute atomic E-state index is 11.7. The van der Waals surface area contributed by atoms with Crippen molar-refractivity contribution in [2.45, 2.75) is 32.4 Å². The van der Waals surface area contributed by atoms with Crippen molar-refractivity contribution in [1.29, 1.82) is 5.41 Å². The number of nitrogens with two attached hydrogens (primary N) is 1. The van der Waals surface area contributed by atoms with Gasteiger partial charge in [0, 0.05) is 24.2 Å². The van der Waals surface area contributed by atoms with E-state index in [-0.39, 0.29) is 0 Å². The lowest BCUT2D eigenvalue weighted by molar-refractivity contribution is -0.116. The molecule has 0 radical (unpaired) electrons. The van der Waals surface area contributed by atoms with E-state index < -0.39 is 12.1 Å². The summed E-state index contributed by atoms with van der Waals surface area (Å²) in [5.74, 6) is 0.642. The van der Waals surface area contributed by atoms with E-state index >= 15 is 0 Å². The highest BCUT2D eigenvalue weighted by Gasteiger charge is 2.32. The molecule has 136 valence electrons. The molecule has 0 spiro atoms. The quantitative estimate of drug-likeness (QED) is 0.669. The maximum Gasteiger partial charge on any atom is 0.268 e. The van der Waals surface area contributed by atoms with Crippen molar-refractivity contribution in [1.82, 2.24) is 4.90 Å². The van der Waals surface area contributed by atoms with Crippen LogP contribution >= 0.6 is 0 Å². The molecule has 0 aromatic heterocycles. The molecule has 7 nitrogen and oxygen atoms in total. The first-order valence-corrected chi connectivity index (χ1v) is 8.22. The molecule has 1 aliphatic heterocycles. The van der Waals surface area contributed by atoms with E-state index in [2.05, 4.69) is 0 Å². The van der Waals surface area contributed by atoms with Gasteiger partial charge in [-0.05, 0) is 24.6 Å². The fraction of sp³-hybridized carbons (Fsp3) is 0.444. The highest BCUT2D eigenvalue weighted by atomic mass is 16.5. The standard InChI is InChI=1S/C18H25N3O4/c1-4-5-13(19)8-9-21-14(17(20)22)11-25-18(21)12-6-7-15(23-2)16(10-12)24-3/h6-7,10-11,18-19H,4-5,8-9H2,1-3H3,(H2,20,22). The van der Waals surface area contributed by atoms with Crippen LogP contribution in [0.25, 0.3) is 0 Å². The zero-order valence-electron chi connectivity index (χ0n) is 14.9. The Morgan fingerprint density at radius 3 is 2.60 bits per heavy atom. The maximum atomic E-state index is 11.7. The van der Waals surface area contributed by atoms with Crippen LogP contribution in [0.2, 0.25) is 0 Å². The predicted molar refractivity (Wildman–Crippen MR) is 94.6 cm³/mol. The summed E-state index contributed by atoms with van der Waals surface area (Å²) in [6.45, 7) is 2.52. The van der Waals surface area contributed by atoms with E-state index in [0.29, 0.717) is 35.9 Å². The minimum absolute atomic E-state index is 0.309. The van der Waals surface area contributed by atoms with Gasteiger partial charge in [0.2, 0.25) is 0 Å². The fourth-order valence-corrected chi connectivity index (χ4v) is 2.78. The second-order valence-corrected chi connectivity index (χ2v) is 5.77. The summed E-state index contributed by atoms with van der Waals surface area (Å²) < 4.78 is 16.3. The fourth-order valence-electron chi connectivity index (χ4n) is 2.78. The van der Waals surface area contributed by atoms with Crippen LogP contribution in [-0.2, 0) is 9.53 Å². The largest absolute Gasteiger partial charge is 0.493 e. The van der Waals surface area contributed by atoms with Crippen LogP contribution in [0.1, 0.15) is 38.0 Å². The van der Waals surface area contributed by atoms with E-state index in [4.69, 9.17) is 25.4 Å². The van der Waals surface area contributed by atoms with Gasteiger partial charge in [0.05, 0.1) is 14.2 Å². The third-order valence-electron chi connectivity index (χ3n) is 4.05. The minimum Gasteiger partial charge on any atom is -0.493 e. The molecule has 0 fully saturated rings. The normalized spacial score (nSPS) is 16.2. The number of nitrogens with zero attached hydrogens (tertiary/aromatic N) is 1. The van der Waals surface area contributed by atoms with Crippen LogP contribution in [0.4, 0.5) is 0 Å². The molecule has 3 N–H and O–H groups in total. The van der Waals surface area contributed by atoms with Crippen molar-refractivity contribution in [2.24, 2.45) is 5.73 Å². The van der Waals surface area contributed by atoms with Crippen molar-refractivity contribution < 1.29 is 19.0 Å². The van der Waals surface area contributed by atoms with Crippen molar-refractivity contribution in [3.05, 3.63) is 35.7 Å². The van der Waals surface area contributed by atoms with Gasteiger partial charge in [0.25, 0.3) is 5.91 Å². The second-order valence-electron chi connectivity index (χ2n) is 5.77. The number of hydrogen-bond donors (Lipinski definition) is 2. The summed E-state index contributed by atoms with van der Waals surface area (Å²) in [6, 6.07) is 5.46. The number of primary amides is 1. The highest BCUT2D eigenvalue weighted by molar-refractivity contribution is 5.91. The Kier molecular flexibility index (Phi) is 6.27. The first-order chi connectivity index (χ1) is 12.0. The van der Waals surface area contributed by atoms with Gasteiger partial charge in [0.15, 0.2) is 17.7 Å². The number of benzene rings is 1. The molecular formula is C18H25N3O4. The molecule has 2 rings (SSSR count). The molecule has 1 amide bonds. The van der Waals surface area contributed by atoms with Gasteiger partial charge in [-0.25, -0.2) is 0 Å². The number of amides is 1. The van der Waals surface area contributed by atoms with E-state index in [0.717, 1.165) is 18.4 Å². The minimum atomic E-state index is -0.551. The van der Waals surface area contributed by atoms with Gasteiger partial charge in [0.1, 0.15) is 12.0 Å². The van der Waals surface area contributed by atoms with Crippen molar-refractivity contribution in [2.75, 3.05) is 20.8 Å². The number of nitrogens with one attached hydrogen (secondary N) is 1. The summed E-state index contributed by atoms with van der Waals surface area (Å²) in [5, 5.41) is 7.97. The van der Waals surface area contributed by atoms with E-state index in [1.807, 2.05) is 19.1 Å². The average molecular weight is 347 g/mol. The van der Waals surface area contributed by atoms with Gasteiger partial charge < -0.3 is 30.3 Å². The molecule has 1 aromatic carbocycles. The van der Waals surface area contributed by atoms with Gasteiger partial charge >= 0.3 is 0 Å².